The second-order valence-electron chi connectivity index (χ2n) is 7.61. The highest BCUT2D eigenvalue weighted by Crippen LogP contribution is 2.38. The molecule has 1 aliphatic heterocycles. The van der Waals surface area contributed by atoms with Crippen LogP contribution >= 0.6 is 0 Å². The molecule has 0 bridgehead atoms. The lowest BCUT2D eigenvalue weighted by atomic mass is 9.87. The first-order chi connectivity index (χ1) is 14.6. The Morgan fingerprint density at radius 3 is 2.17 bits per heavy atom. The largest absolute Gasteiger partial charge is 0.493 e. The molecule has 2 aromatic carbocycles. The summed E-state index contributed by atoms with van der Waals surface area (Å²) in [5, 5.41) is 10.6. The van der Waals surface area contributed by atoms with Gasteiger partial charge in [-0.25, -0.2) is 0 Å². The highest BCUT2D eigenvalue weighted by molar-refractivity contribution is 5.76. The van der Waals surface area contributed by atoms with E-state index in [0.29, 0.717) is 43.2 Å². The van der Waals surface area contributed by atoms with Crippen LogP contribution in [0.3, 0.4) is 0 Å². The number of aryl methyl sites for hydroxylation is 1. The maximum absolute atomic E-state index is 12.7. The van der Waals surface area contributed by atoms with Gasteiger partial charge < -0.3 is 24.2 Å². The van der Waals surface area contributed by atoms with Crippen molar-refractivity contribution in [3.63, 3.8) is 0 Å². The fourth-order valence-electron chi connectivity index (χ4n) is 4.08. The molecule has 1 aliphatic rings. The van der Waals surface area contributed by atoms with Crippen molar-refractivity contribution in [3.8, 4) is 17.2 Å². The van der Waals surface area contributed by atoms with Gasteiger partial charge in [-0.2, -0.15) is 0 Å². The van der Waals surface area contributed by atoms with Gasteiger partial charge in [0, 0.05) is 19.5 Å². The molecule has 0 aromatic heterocycles. The highest BCUT2D eigenvalue weighted by Gasteiger charge is 2.28. The number of carbonyl (C=O) groups is 1. The lowest BCUT2D eigenvalue weighted by Crippen LogP contribution is -2.39. The van der Waals surface area contributed by atoms with Crippen LogP contribution in [-0.4, -0.2) is 50.3 Å². The summed E-state index contributed by atoms with van der Waals surface area (Å²) in [6, 6.07) is 13.5. The molecule has 0 spiro atoms. The third-order valence-electron chi connectivity index (χ3n) is 5.83. The summed E-state index contributed by atoms with van der Waals surface area (Å²) >= 11 is 0. The van der Waals surface area contributed by atoms with Crippen LogP contribution in [0.4, 0.5) is 0 Å². The molecule has 2 aromatic rings. The van der Waals surface area contributed by atoms with Gasteiger partial charge in [-0.3, -0.25) is 4.79 Å². The zero-order valence-corrected chi connectivity index (χ0v) is 18.0. The standard InChI is InChI=1S/C24H31NO5/c1-28-20-15-17(16-21(29-2)24(20)30-3)9-10-22(26)25-13-11-19(12-14-25)23(27)18-7-5-4-6-8-18/h4-8,15-16,19,23,27H,9-14H2,1-3H3. The van der Waals surface area contributed by atoms with Crippen molar-refractivity contribution >= 4 is 5.91 Å². The minimum atomic E-state index is -0.470. The number of ether oxygens (including phenoxy) is 3. The van der Waals surface area contributed by atoms with Crippen molar-refractivity contribution in [2.24, 2.45) is 5.92 Å². The Hall–Kier alpha value is -2.73. The number of carbonyl (C=O) groups excluding carboxylic acids is 1. The van der Waals surface area contributed by atoms with E-state index in [4.69, 9.17) is 14.2 Å². The third kappa shape index (κ3) is 5.05. The molecule has 30 heavy (non-hydrogen) atoms. The maximum atomic E-state index is 12.7. The van der Waals surface area contributed by atoms with Gasteiger partial charge in [-0.05, 0) is 48.4 Å². The van der Waals surface area contributed by atoms with E-state index in [9.17, 15) is 9.90 Å². The molecule has 0 radical (unpaired) electrons. The normalized spacial score (nSPS) is 15.5. The molecule has 0 saturated carbocycles. The van der Waals surface area contributed by atoms with Crippen LogP contribution in [0.25, 0.3) is 0 Å². The van der Waals surface area contributed by atoms with Gasteiger partial charge in [0.1, 0.15) is 0 Å². The monoisotopic (exact) mass is 413 g/mol. The summed E-state index contributed by atoms with van der Waals surface area (Å²) in [6.45, 7) is 1.37. The maximum Gasteiger partial charge on any atom is 0.222 e. The summed E-state index contributed by atoms with van der Waals surface area (Å²) in [5.41, 5.74) is 1.91. The van der Waals surface area contributed by atoms with Crippen molar-refractivity contribution in [1.82, 2.24) is 4.90 Å². The van der Waals surface area contributed by atoms with Crippen LogP contribution < -0.4 is 14.2 Å². The topological polar surface area (TPSA) is 68.2 Å². The Morgan fingerprint density at radius 2 is 1.63 bits per heavy atom. The molecule has 1 fully saturated rings. The number of benzene rings is 2. The average molecular weight is 414 g/mol. The number of hydrogen-bond donors (Lipinski definition) is 1. The molecule has 3 rings (SSSR count). The van der Waals surface area contributed by atoms with E-state index >= 15 is 0 Å². The van der Waals surface area contributed by atoms with Crippen molar-refractivity contribution in [1.29, 1.82) is 0 Å². The molecular formula is C24H31NO5. The van der Waals surface area contributed by atoms with Crippen LogP contribution in [0.2, 0.25) is 0 Å². The number of methoxy groups -OCH3 is 3. The Bertz CT molecular complexity index is 806. The van der Waals surface area contributed by atoms with Crippen LogP contribution in [-0.2, 0) is 11.2 Å². The summed E-state index contributed by atoms with van der Waals surface area (Å²) < 4.78 is 16.1. The zero-order chi connectivity index (χ0) is 21.5. The van der Waals surface area contributed by atoms with Crippen molar-refractivity contribution in [3.05, 3.63) is 53.6 Å². The van der Waals surface area contributed by atoms with Crippen LogP contribution in [0, 0.1) is 5.92 Å². The van der Waals surface area contributed by atoms with E-state index in [1.807, 2.05) is 47.4 Å². The molecule has 1 N–H and O–H groups in total. The predicted octanol–water partition coefficient (Wildman–Crippen LogP) is 3.62. The van der Waals surface area contributed by atoms with E-state index in [2.05, 4.69) is 0 Å². The van der Waals surface area contributed by atoms with E-state index in [0.717, 1.165) is 24.0 Å². The van der Waals surface area contributed by atoms with Gasteiger partial charge in [-0.15, -0.1) is 0 Å². The van der Waals surface area contributed by atoms with Gasteiger partial charge >= 0.3 is 0 Å². The molecular weight excluding hydrogens is 382 g/mol. The van der Waals surface area contributed by atoms with E-state index in [-0.39, 0.29) is 11.8 Å². The molecule has 6 heteroatoms. The molecule has 0 aliphatic carbocycles. The molecule has 6 nitrogen and oxygen atoms in total. The summed E-state index contributed by atoms with van der Waals surface area (Å²) in [6.07, 6.45) is 2.17. The van der Waals surface area contributed by atoms with Crippen molar-refractivity contribution in [2.75, 3.05) is 34.4 Å². The summed E-state index contributed by atoms with van der Waals surface area (Å²) in [5.74, 6) is 2.06. The molecule has 1 atom stereocenters. The molecule has 1 heterocycles. The average Bonchev–Trinajstić information content (AvgIpc) is 2.81. The molecule has 1 unspecified atom stereocenters. The number of likely N-dealkylation sites (tertiary alicyclic amines) is 1. The summed E-state index contributed by atoms with van der Waals surface area (Å²) in [7, 11) is 4.74. The number of rotatable bonds is 8. The Morgan fingerprint density at radius 1 is 1.03 bits per heavy atom. The van der Waals surface area contributed by atoms with Gasteiger partial charge in [-0.1, -0.05) is 30.3 Å². The molecule has 1 amide bonds. The molecule has 162 valence electrons. The predicted molar refractivity (Wildman–Crippen MR) is 115 cm³/mol. The number of hydrogen-bond acceptors (Lipinski definition) is 5. The fraction of sp³-hybridized carbons (Fsp3) is 0.458. The van der Waals surface area contributed by atoms with Crippen LogP contribution in [0.5, 0.6) is 17.2 Å². The van der Waals surface area contributed by atoms with Crippen LogP contribution in [0.15, 0.2) is 42.5 Å². The minimum absolute atomic E-state index is 0.136. The lowest BCUT2D eigenvalue weighted by Gasteiger charge is -2.34. The van der Waals surface area contributed by atoms with E-state index in [1.165, 1.54) is 0 Å². The first-order valence-corrected chi connectivity index (χ1v) is 10.4. The second-order valence-corrected chi connectivity index (χ2v) is 7.61. The smallest absolute Gasteiger partial charge is 0.222 e. The Balaban J connectivity index is 1.54. The highest BCUT2D eigenvalue weighted by atomic mass is 16.5. The van der Waals surface area contributed by atoms with Gasteiger partial charge in [0.25, 0.3) is 0 Å². The van der Waals surface area contributed by atoms with Crippen molar-refractivity contribution in [2.45, 2.75) is 31.8 Å². The SMILES string of the molecule is COc1cc(CCC(=O)N2CCC(C(O)c3ccccc3)CC2)cc(OC)c1OC. The Labute approximate surface area is 178 Å². The number of amides is 1. The zero-order valence-electron chi connectivity index (χ0n) is 18.0. The number of nitrogens with zero attached hydrogens (tertiary/aromatic N) is 1. The lowest BCUT2D eigenvalue weighted by molar-refractivity contribution is -0.133. The van der Waals surface area contributed by atoms with Crippen molar-refractivity contribution < 1.29 is 24.1 Å². The second kappa shape index (κ2) is 10.3. The quantitative estimate of drug-likeness (QED) is 0.716. The number of aliphatic hydroxyl groups excluding tert-OH is 1. The number of piperidine rings is 1. The van der Waals surface area contributed by atoms with Gasteiger partial charge in [0.2, 0.25) is 11.7 Å². The van der Waals surface area contributed by atoms with E-state index < -0.39 is 6.10 Å². The van der Waals surface area contributed by atoms with Crippen LogP contribution in [0.1, 0.15) is 36.5 Å². The fourth-order valence-corrected chi connectivity index (χ4v) is 4.08. The van der Waals surface area contributed by atoms with Gasteiger partial charge in [0.15, 0.2) is 11.5 Å². The Kier molecular flexibility index (Phi) is 7.57. The minimum Gasteiger partial charge on any atom is -0.493 e. The first-order valence-electron chi connectivity index (χ1n) is 10.4. The summed E-state index contributed by atoms with van der Waals surface area (Å²) in [4.78, 5) is 14.6. The first kappa shape index (κ1) is 22.0. The third-order valence-corrected chi connectivity index (χ3v) is 5.83. The van der Waals surface area contributed by atoms with E-state index in [1.54, 1.807) is 21.3 Å². The number of aliphatic hydroxyl groups is 1. The van der Waals surface area contributed by atoms with Gasteiger partial charge in [0.05, 0.1) is 27.4 Å². The molecule has 1 saturated heterocycles.